The van der Waals surface area contributed by atoms with Crippen LogP contribution >= 0.6 is 11.6 Å². The van der Waals surface area contributed by atoms with E-state index in [2.05, 4.69) is 15.2 Å². The molecule has 144 valence electrons. The smallest absolute Gasteiger partial charge is 0.322 e. The predicted octanol–water partition coefficient (Wildman–Crippen LogP) is 3.10. The first-order valence-corrected chi connectivity index (χ1v) is 9.08. The topological polar surface area (TPSA) is 66.9 Å². The van der Waals surface area contributed by atoms with Gasteiger partial charge < -0.3 is 19.7 Å². The number of hydrogen-bond acceptors (Lipinski definition) is 5. The summed E-state index contributed by atoms with van der Waals surface area (Å²) < 4.78 is 10.5. The van der Waals surface area contributed by atoms with Gasteiger partial charge in [-0.05, 0) is 18.2 Å². The van der Waals surface area contributed by atoms with Gasteiger partial charge in [0.2, 0.25) is 0 Å². The lowest BCUT2D eigenvalue weighted by atomic mass is 10.2. The normalized spacial score (nSPS) is 14.7. The molecule has 1 N–H and O–H groups in total. The van der Waals surface area contributed by atoms with Crippen LogP contribution in [0.3, 0.4) is 0 Å². The van der Waals surface area contributed by atoms with Crippen LogP contribution in [0, 0.1) is 0 Å². The molecule has 0 spiro atoms. The quantitative estimate of drug-likeness (QED) is 0.849. The zero-order valence-electron chi connectivity index (χ0n) is 15.4. The summed E-state index contributed by atoms with van der Waals surface area (Å²) in [7, 11) is 3.07. The molecular formula is C19H23ClN4O3. The highest BCUT2D eigenvalue weighted by atomic mass is 35.5. The summed E-state index contributed by atoms with van der Waals surface area (Å²) in [5, 5.41) is 3.29. The average molecular weight is 391 g/mol. The second-order valence-corrected chi connectivity index (χ2v) is 6.61. The average Bonchev–Trinajstić information content (AvgIpc) is 2.69. The van der Waals surface area contributed by atoms with E-state index in [9.17, 15) is 4.79 Å². The van der Waals surface area contributed by atoms with Gasteiger partial charge in [-0.3, -0.25) is 9.88 Å². The van der Waals surface area contributed by atoms with Gasteiger partial charge in [0.25, 0.3) is 0 Å². The predicted molar refractivity (Wildman–Crippen MR) is 105 cm³/mol. The molecule has 1 aliphatic heterocycles. The highest BCUT2D eigenvalue weighted by Crippen LogP contribution is 2.36. The Labute approximate surface area is 163 Å². The lowest BCUT2D eigenvalue weighted by molar-refractivity contribution is 0.142. The van der Waals surface area contributed by atoms with E-state index in [1.165, 1.54) is 14.2 Å². The monoisotopic (exact) mass is 390 g/mol. The Kier molecular flexibility index (Phi) is 6.36. The van der Waals surface area contributed by atoms with Gasteiger partial charge in [0.1, 0.15) is 11.5 Å². The second kappa shape index (κ2) is 8.92. The van der Waals surface area contributed by atoms with Crippen LogP contribution in [0.25, 0.3) is 0 Å². The van der Waals surface area contributed by atoms with Crippen LogP contribution in [0.1, 0.15) is 5.69 Å². The van der Waals surface area contributed by atoms with Crippen molar-refractivity contribution in [2.24, 2.45) is 0 Å². The summed E-state index contributed by atoms with van der Waals surface area (Å²) in [6.07, 6.45) is 1.80. The minimum Gasteiger partial charge on any atom is -0.495 e. The van der Waals surface area contributed by atoms with Crippen LogP contribution < -0.4 is 14.8 Å². The van der Waals surface area contributed by atoms with Crippen molar-refractivity contribution >= 4 is 23.3 Å². The van der Waals surface area contributed by atoms with E-state index in [-0.39, 0.29) is 6.03 Å². The first-order chi connectivity index (χ1) is 13.1. The van der Waals surface area contributed by atoms with E-state index < -0.39 is 0 Å². The Bertz CT molecular complexity index is 780. The number of carbonyl (C=O) groups excluding carboxylic acids is 1. The number of halogens is 1. The van der Waals surface area contributed by atoms with Gasteiger partial charge in [-0.15, -0.1) is 0 Å². The standard InChI is InChI=1S/C19H23ClN4O3/c1-26-17-12-18(27-2)16(11-15(17)20)22-19(25)24-9-7-23(8-10-24)13-14-5-3-4-6-21-14/h3-6,11-12H,7-10,13H2,1-2H3,(H,22,25). The van der Waals surface area contributed by atoms with Crippen LogP contribution in [0.4, 0.5) is 10.5 Å². The summed E-state index contributed by atoms with van der Waals surface area (Å²) in [6.45, 7) is 3.67. The minimum absolute atomic E-state index is 0.174. The zero-order valence-corrected chi connectivity index (χ0v) is 16.2. The summed E-state index contributed by atoms with van der Waals surface area (Å²) in [6, 6.07) is 9.02. The van der Waals surface area contributed by atoms with Crippen molar-refractivity contribution in [3.05, 3.63) is 47.2 Å². The summed E-state index contributed by atoms with van der Waals surface area (Å²) >= 11 is 6.17. The Balaban J connectivity index is 1.57. The second-order valence-electron chi connectivity index (χ2n) is 6.20. The molecule has 0 bridgehead atoms. The van der Waals surface area contributed by atoms with Gasteiger partial charge >= 0.3 is 6.03 Å². The molecule has 2 heterocycles. The van der Waals surface area contributed by atoms with Gasteiger partial charge in [0.15, 0.2) is 0 Å². The van der Waals surface area contributed by atoms with Gasteiger partial charge in [-0.2, -0.15) is 0 Å². The van der Waals surface area contributed by atoms with Crippen LogP contribution in [-0.2, 0) is 6.54 Å². The van der Waals surface area contributed by atoms with Crippen molar-refractivity contribution in [1.29, 1.82) is 0 Å². The molecule has 7 nitrogen and oxygen atoms in total. The summed E-state index contributed by atoms with van der Waals surface area (Å²) in [4.78, 5) is 21.0. The molecule has 1 fully saturated rings. The van der Waals surface area contributed by atoms with Crippen LogP contribution in [-0.4, -0.2) is 61.2 Å². The number of benzene rings is 1. The van der Waals surface area contributed by atoms with Crippen molar-refractivity contribution in [1.82, 2.24) is 14.8 Å². The van der Waals surface area contributed by atoms with E-state index >= 15 is 0 Å². The minimum atomic E-state index is -0.174. The van der Waals surface area contributed by atoms with E-state index in [1.54, 1.807) is 23.2 Å². The van der Waals surface area contributed by atoms with Gasteiger partial charge in [-0.25, -0.2) is 4.79 Å². The fourth-order valence-electron chi connectivity index (χ4n) is 2.98. The molecule has 0 aliphatic carbocycles. The van der Waals surface area contributed by atoms with E-state index in [4.69, 9.17) is 21.1 Å². The van der Waals surface area contributed by atoms with Crippen LogP contribution in [0.2, 0.25) is 5.02 Å². The van der Waals surface area contributed by atoms with Gasteiger partial charge in [0.05, 0.1) is 30.6 Å². The van der Waals surface area contributed by atoms with Crippen molar-refractivity contribution in [3.8, 4) is 11.5 Å². The molecule has 0 radical (unpaired) electrons. The van der Waals surface area contributed by atoms with E-state index in [1.807, 2.05) is 18.2 Å². The molecule has 8 heteroatoms. The maximum Gasteiger partial charge on any atom is 0.322 e. The molecular weight excluding hydrogens is 368 g/mol. The highest BCUT2D eigenvalue weighted by Gasteiger charge is 2.22. The van der Waals surface area contributed by atoms with Crippen molar-refractivity contribution < 1.29 is 14.3 Å². The number of methoxy groups -OCH3 is 2. The number of aromatic nitrogens is 1. The van der Waals surface area contributed by atoms with Crippen molar-refractivity contribution in [2.75, 3.05) is 45.7 Å². The van der Waals surface area contributed by atoms with Crippen LogP contribution in [0.15, 0.2) is 36.5 Å². The lowest BCUT2D eigenvalue weighted by Crippen LogP contribution is -2.49. The Hall–Kier alpha value is -2.51. The molecule has 0 unspecified atom stereocenters. The number of ether oxygens (including phenoxy) is 2. The third kappa shape index (κ3) is 4.81. The largest absolute Gasteiger partial charge is 0.495 e. The molecule has 0 saturated carbocycles. The number of rotatable bonds is 5. The number of urea groups is 1. The summed E-state index contributed by atoms with van der Waals surface area (Å²) in [5.41, 5.74) is 1.55. The number of hydrogen-bond donors (Lipinski definition) is 1. The van der Waals surface area contributed by atoms with Crippen LogP contribution in [0.5, 0.6) is 11.5 Å². The van der Waals surface area contributed by atoms with Gasteiger partial charge in [-0.1, -0.05) is 17.7 Å². The lowest BCUT2D eigenvalue weighted by Gasteiger charge is -2.34. The molecule has 1 saturated heterocycles. The number of piperazine rings is 1. The highest BCUT2D eigenvalue weighted by molar-refractivity contribution is 6.32. The maximum atomic E-state index is 12.6. The Morgan fingerprint density at radius 3 is 2.52 bits per heavy atom. The zero-order chi connectivity index (χ0) is 19.2. The molecule has 2 amide bonds. The third-order valence-electron chi connectivity index (χ3n) is 4.49. The van der Waals surface area contributed by atoms with Crippen molar-refractivity contribution in [3.63, 3.8) is 0 Å². The number of carbonyl (C=O) groups is 1. The number of pyridine rings is 1. The first-order valence-electron chi connectivity index (χ1n) is 8.70. The third-order valence-corrected chi connectivity index (χ3v) is 4.78. The summed E-state index contributed by atoms with van der Waals surface area (Å²) in [5.74, 6) is 0.994. The molecule has 1 aromatic carbocycles. The molecule has 1 aliphatic rings. The fourth-order valence-corrected chi connectivity index (χ4v) is 3.22. The molecule has 27 heavy (non-hydrogen) atoms. The number of amides is 2. The number of anilines is 1. The first kappa shape index (κ1) is 19.3. The Morgan fingerprint density at radius 1 is 1.15 bits per heavy atom. The van der Waals surface area contributed by atoms with Gasteiger partial charge in [0, 0.05) is 45.0 Å². The fraction of sp³-hybridized carbons (Fsp3) is 0.368. The van der Waals surface area contributed by atoms with Crippen molar-refractivity contribution in [2.45, 2.75) is 6.54 Å². The van der Waals surface area contributed by atoms with E-state index in [0.29, 0.717) is 35.3 Å². The number of nitrogens with zero attached hydrogens (tertiary/aromatic N) is 3. The molecule has 3 rings (SSSR count). The van der Waals surface area contributed by atoms with E-state index in [0.717, 1.165) is 25.3 Å². The maximum absolute atomic E-state index is 12.6. The SMILES string of the molecule is COc1cc(OC)c(NC(=O)N2CCN(Cc3ccccn3)CC2)cc1Cl. The molecule has 0 atom stereocenters. The number of nitrogens with one attached hydrogen (secondary N) is 1. The molecule has 2 aromatic rings. The Morgan fingerprint density at radius 2 is 1.89 bits per heavy atom. The molecule has 1 aromatic heterocycles.